The van der Waals surface area contributed by atoms with Gasteiger partial charge in [0.2, 0.25) is 5.91 Å². The molecule has 1 amide bonds. The standard InChI is InChI=1S/C16H26N4O2/c1-11(2)16-19-18-14-7-5-12(10-20(14)16)17-15(21)8-6-13-4-3-9-22-13/h11-13H,3-10H2,1-2H3,(H,17,21)/t12-,13+/m0/s1. The van der Waals surface area contributed by atoms with Gasteiger partial charge in [-0.3, -0.25) is 4.79 Å². The maximum absolute atomic E-state index is 12.1. The van der Waals surface area contributed by atoms with E-state index in [1.54, 1.807) is 0 Å². The Kier molecular flexibility index (Phi) is 4.76. The van der Waals surface area contributed by atoms with Crippen LogP contribution < -0.4 is 5.32 Å². The van der Waals surface area contributed by atoms with Gasteiger partial charge in [-0.2, -0.15) is 0 Å². The van der Waals surface area contributed by atoms with Crippen LogP contribution in [0.1, 0.15) is 63.5 Å². The number of fused-ring (bicyclic) bond motifs is 1. The maximum atomic E-state index is 12.1. The number of nitrogens with zero attached hydrogens (tertiary/aromatic N) is 3. The quantitative estimate of drug-likeness (QED) is 0.900. The molecule has 6 heteroatoms. The van der Waals surface area contributed by atoms with E-state index in [9.17, 15) is 4.79 Å². The van der Waals surface area contributed by atoms with Crippen LogP contribution in [-0.4, -0.2) is 39.4 Å². The van der Waals surface area contributed by atoms with E-state index in [0.29, 0.717) is 12.3 Å². The van der Waals surface area contributed by atoms with Crippen LogP contribution in [0, 0.1) is 0 Å². The number of aromatic nitrogens is 3. The molecule has 2 aliphatic rings. The molecule has 0 radical (unpaired) electrons. The Morgan fingerprint density at radius 3 is 3.00 bits per heavy atom. The number of amides is 1. The van der Waals surface area contributed by atoms with Crippen LogP contribution in [0.4, 0.5) is 0 Å². The third-order valence-corrected chi connectivity index (χ3v) is 4.57. The molecule has 0 saturated carbocycles. The lowest BCUT2D eigenvalue weighted by Gasteiger charge is -2.26. The van der Waals surface area contributed by atoms with Gasteiger partial charge in [-0.05, 0) is 25.7 Å². The van der Waals surface area contributed by atoms with Crippen LogP contribution in [0.2, 0.25) is 0 Å². The molecule has 3 rings (SSSR count). The summed E-state index contributed by atoms with van der Waals surface area (Å²) in [5.74, 6) is 2.57. The Morgan fingerprint density at radius 1 is 1.41 bits per heavy atom. The Labute approximate surface area is 131 Å². The Hall–Kier alpha value is -1.43. The minimum Gasteiger partial charge on any atom is -0.378 e. The summed E-state index contributed by atoms with van der Waals surface area (Å²) in [7, 11) is 0. The van der Waals surface area contributed by atoms with Crippen LogP contribution >= 0.6 is 0 Å². The molecule has 0 unspecified atom stereocenters. The van der Waals surface area contributed by atoms with Gasteiger partial charge < -0.3 is 14.6 Å². The number of carbonyl (C=O) groups excluding carboxylic acids is 1. The molecule has 22 heavy (non-hydrogen) atoms. The molecule has 6 nitrogen and oxygen atoms in total. The topological polar surface area (TPSA) is 69.0 Å². The monoisotopic (exact) mass is 306 g/mol. The lowest BCUT2D eigenvalue weighted by Crippen LogP contribution is -2.41. The molecule has 1 N–H and O–H groups in total. The summed E-state index contributed by atoms with van der Waals surface area (Å²) in [6.45, 7) is 5.90. The summed E-state index contributed by atoms with van der Waals surface area (Å²) in [4.78, 5) is 12.1. The van der Waals surface area contributed by atoms with Crippen molar-refractivity contribution in [1.29, 1.82) is 0 Å². The Bertz CT molecular complexity index is 520. The molecule has 1 saturated heterocycles. The SMILES string of the molecule is CC(C)c1nnc2n1C[C@@H](NC(=O)CC[C@H]1CCCO1)CC2. The second-order valence-electron chi connectivity index (χ2n) is 6.72. The number of aryl methyl sites for hydroxylation is 1. The summed E-state index contributed by atoms with van der Waals surface area (Å²) < 4.78 is 7.75. The highest BCUT2D eigenvalue weighted by Crippen LogP contribution is 2.20. The third kappa shape index (κ3) is 3.48. The van der Waals surface area contributed by atoms with Crippen LogP contribution in [0.3, 0.4) is 0 Å². The van der Waals surface area contributed by atoms with Gasteiger partial charge >= 0.3 is 0 Å². The average molecular weight is 306 g/mol. The van der Waals surface area contributed by atoms with Crippen molar-refractivity contribution in [2.24, 2.45) is 0 Å². The summed E-state index contributed by atoms with van der Waals surface area (Å²) in [6, 6.07) is 0.193. The summed E-state index contributed by atoms with van der Waals surface area (Å²) >= 11 is 0. The van der Waals surface area contributed by atoms with Crippen molar-refractivity contribution >= 4 is 5.91 Å². The van der Waals surface area contributed by atoms with Gasteiger partial charge in [-0.25, -0.2) is 0 Å². The molecule has 0 spiro atoms. The number of ether oxygens (including phenoxy) is 1. The minimum atomic E-state index is 0.142. The third-order valence-electron chi connectivity index (χ3n) is 4.57. The van der Waals surface area contributed by atoms with Crippen molar-refractivity contribution in [3.05, 3.63) is 11.6 Å². The molecule has 0 aliphatic carbocycles. The Morgan fingerprint density at radius 2 is 2.27 bits per heavy atom. The van der Waals surface area contributed by atoms with Crippen LogP contribution in [0.5, 0.6) is 0 Å². The van der Waals surface area contributed by atoms with E-state index in [0.717, 1.165) is 56.9 Å². The van der Waals surface area contributed by atoms with Gasteiger partial charge in [0.05, 0.1) is 6.10 Å². The first-order chi connectivity index (χ1) is 10.6. The normalized spacial score (nSPS) is 24.5. The minimum absolute atomic E-state index is 0.142. The number of hydrogen-bond acceptors (Lipinski definition) is 4. The van der Waals surface area contributed by atoms with Crippen molar-refractivity contribution < 1.29 is 9.53 Å². The molecule has 2 atom stereocenters. The van der Waals surface area contributed by atoms with Gasteiger partial charge in [0, 0.05) is 38.0 Å². The summed E-state index contributed by atoms with van der Waals surface area (Å²) in [5, 5.41) is 11.7. The zero-order valence-electron chi connectivity index (χ0n) is 13.5. The molecule has 0 aromatic carbocycles. The maximum Gasteiger partial charge on any atom is 0.220 e. The molecular formula is C16H26N4O2. The Balaban J connectivity index is 1.51. The first-order valence-electron chi connectivity index (χ1n) is 8.46. The highest BCUT2D eigenvalue weighted by molar-refractivity contribution is 5.76. The zero-order valence-corrected chi connectivity index (χ0v) is 13.5. The van der Waals surface area contributed by atoms with Gasteiger partial charge in [0.1, 0.15) is 11.6 Å². The van der Waals surface area contributed by atoms with Crippen molar-refractivity contribution in [3.63, 3.8) is 0 Å². The van der Waals surface area contributed by atoms with Crippen molar-refractivity contribution in [2.45, 2.75) is 77.0 Å². The average Bonchev–Trinajstić information content (AvgIpc) is 3.14. The lowest BCUT2D eigenvalue weighted by molar-refractivity contribution is -0.122. The highest BCUT2D eigenvalue weighted by Gasteiger charge is 2.25. The zero-order chi connectivity index (χ0) is 15.5. The van der Waals surface area contributed by atoms with Crippen LogP contribution in [0.15, 0.2) is 0 Å². The van der Waals surface area contributed by atoms with E-state index in [-0.39, 0.29) is 18.1 Å². The number of hydrogen-bond donors (Lipinski definition) is 1. The molecule has 2 aliphatic heterocycles. The smallest absolute Gasteiger partial charge is 0.220 e. The fourth-order valence-corrected chi connectivity index (χ4v) is 3.36. The number of nitrogens with one attached hydrogen (secondary N) is 1. The largest absolute Gasteiger partial charge is 0.378 e. The van der Waals surface area contributed by atoms with Crippen LogP contribution in [-0.2, 0) is 22.5 Å². The molecule has 1 aromatic heterocycles. The van der Waals surface area contributed by atoms with Gasteiger partial charge in [-0.15, -0.1) is 10.2 Å². The van der Waals surface area contributed by atoms with E-state index in [1.165, 1.54) is 0 Å². The fourth-order valence-electron chi connectivity index (χ4n) is 3.36. The first-order valence-corrected chi connectivity index (χ1v) is 8.46. The van der Waals surface area contributed by atoms with E-state index in [1.807, 2.05) is 0 Å². The summed E-state index contributed by atoms with van der Waals surface area (Å²) in [5.41, 5.74) is 0. The lowest BCUT2D eigenvalue weighted by atomic mass is 10.1. The predicted molar refractivity (Wildman–Crippen MR) is 82.6 cm³/mol. The van der Waals surface area contributed by atoms with E-state index in [2.05, 4.69) is 33.9 Å². The summed E-state index contributed by atoms with van der Waals surface area (Å²) in [6.07, 6.45) is 5.75. The molecule has 3 heterocycles. The van der Waals surface area contributed by atoms with Gasteiger partial charge in [0.15, 0.2) is 0 Å². The van der Waals surface area contributed by atoms with E-state index >= 15 is 0 Å². The van der Waals surface area contributed by atoms with E-state index in [4.69, 9.17) is 4.74 Å². The van der Waals surface area contributed by atoms with Gasteiger partial charge in [0.25, 0.3) is 0 Å². The molecule has 0 bridgehead atoms. The van der Waals surface area contributed by atoms with Crippen molar-refractivity contribution in [3.8, 4) is 0 Å². The highest BCUT2D eigenvalue weighted by atomic mass is 16.5. The van der Waals surface area contributed by atoms with Gasteiger partial charge in [-0.1, -0.05) is 13.8 Å². The molecule has 122 valence electrons. The molecular weight excluding hydrogens is 280 g/mol. The molecule has 1 aromatic rings. The van der Waals surface area contributed by atoms with Crippen molar-refractivity contribution in [2.75, 3.05) is 6.61 Å². The second-order valence-corrected chi connectivity index (χ2v) is 6.72. The number of rotatable bonds is 5. The second kappa shape index (κ2) is 6.77. The number of carbonyl (C=O) groups is 1. The molecule has 1 fully saturated rings. The van der Waals surface area contributed by atoms with E-state index < -0.39 is 0 Å². The fraction of sp³-hybridized carbons (Fsp3) is 0.812. The predicted octanol–water partition coefficient (Wildman–Crippen LogP) is 1.79. The van der Waals surface area contributed by atoms with Crippen molar-refractivity contribution in [1.82, 2.24) is 20.1 Å². The van der Waals surface area contributed by atoms with Crippen LogP contribution in [0.25, 0.3) is 0 Å². The first kappa shape index (κ1) is 15.5.